The zero-order valence-electron chi connectivity index (χ0n) is 8.52. The molecule has 0 aliphatic rings. The summed E-state index contributed by atoms with van der Waals surface area (Å²) in [7, 11) is 0. The summed E-state index contributed by atoms with van der Waals surface area (Å²) in [5, 5.41) is 8.44. The topological polar surface area (TPSA) is 79.4 Å². The highest BCUT2D eigenvalue weighted by Gasteiger charge is 2.39. The van der Waals surface area contributed by atoms with Crippen molar-refractivity contribution >= 4 is 5.97 Å². The van der Waals surface area contributed by atoms with E-state index in [1.165, 1.54) is 4.98 Å². The molecule has 0 aromatic carbocycles. The standard InChI is InChI=1S/C8H3F6NO4/c9-7(10,11)2-1-3(19-8(12,13)14)5(16)15-4(2)6(17)18/h1H,(H,15,16)(H,17,18). The van der Waals surface area contributed by atoms with Crippen molar-refractivity contribution in [3.8, 4) is 5.75 Å². The Balaban J connectivity index is 3.48. The average molecular weight is 291 g/mol. The summed E-state index contributed by atoms with van der Waals surface area (Å²) in [4.78, 5) is 22.6. The zero-order valence-corrected chi connectivity index (χ0v) is 8.52. The van der Waals surface area contributed by atoms with Crippen LogP contribution in [0.5, 0.6) is 5.75 Å². The largest absolute Gasteiger partial charge is 0.573 e. The number of carboxylic acids is 1. The Morgan fingerprint density at radius 3 is 2.11 bits per heavy atom. The summed E-state index contributed by atoms with van der Waals surface area (Å²) in [6.45, 7) is 0. The molecule has 0 aliphatic carbocycles. The first kappa shape index (κ1) is 14.9. The van der Waals surface area contributed by atoms with Crippen molar-refractivity contribution in [2.24, 2.45) is 0 Å². The number of alkyl halides is 6. The van der Waals surface area contributed by atoms with Crippen LogP contribution >= 0.6 is 0 Å². The quantitative estimate of drug-likeness (QED) is 0.817. The molecule has 0 saturated carbocycles. The van der Waals surface area contributed by atoms with Gasteiger partial charge in [0.1, 0.15) is 5.69 Å². The van der Waals surface area contributed by atoms with Crippen molar-refractivity contribution in [3.05, 3.63) is 27.7 Å². The number of aromatic nitrogens is 1. The molecular formula is C8H3F6NO4. The van der Waals surface area contributed by atoms with Gasteiger partial charge in [-0.05, 0) is 0 Å². The summed E-state index contributed by atoms with van der Waals surface area (Å²) in [5.41, 5.74) is -5.28. The van der Waals surface area contributed by atoms with Gasteiger partial charge >= 0.3 is 18.5 Å². The number of hydrogen-bond acceptors (Lipinski definition) is 3. The molecule has 11 heteroatoms. The lowest BCUT2D eigenvalue weighted by molar-refractivity contribution is -0.275. The molecule has 1 aromatic heterocycles. The van der Waals surface area contributed by atoms with Gasteiger partial charge in [0, 0.05) is 6.07 Å². The van der Waals surface area contributed by atoms with E-state index in [0.717, 1.165) is 0 Å². The molecule has 0 spiro atoms. The average Bonchev–Trinajstić information content (AvgIpc) is 2.16. The highest BCUT2D eigenvalue weighted by molar-refractivity contribution is 5.87. The number of halogens is 6. The maximum Gasteiger partial charge on any atom is 0.573 e. The normalized spacial score (nSPS) is 12.3. The molecule has 1 aromatic rings. The Hall–Kier alpha value is -2.20. The molecule has 0 amide bonds. The summed E-state index contributed by atoms with van der Waals surface area (Å²) >= 11 is 0. The zero-order chi connectivity index (χ0) is 15.0. The van der Waals surface area contributed by atoms with E-state index in [1.54, 1.807) is 0 Å². The monoisotopic (exact) mass is 291 g/mol. The first-order valence-electron chi connectivity index (χ1n) is 4.25. The molecule has 2 N–H and O–H groups in total. The molecule has 0 unspecified atom stereocenters. The van der Waals surface area contributed by atoms with Crippen LogP contribution in [0.2, 0.25) is 0 Å². The Labute approximate surface area is 99.0 Å². The molecule has 0 atom stereocenters. The van der Waals surface area contributed by atoms with E-state index in [2.05, 4.69) is 4.74 Å². The van der Waals surface area contributed by atoms with Gasteiger partial charge in [0.2, 0.25) is 0 Å². The SMILES string of the molecule is O=C(O)c1[nH]c(=O)c(OC(F)(F)F)cc1C(F)(F)F. The summed E-state index contributed by atoms with van der Waals surface area (Å²) in [6.07, 6.45) is -10.7. The van der Waals surface area contributed by atoms with Crippen LogP contribution in [0.1, 0.15) is 16.1 Å². The molecule has 5 nitrogen and oxygen atoms in total. The maximum absolute atomic E-state index is 12.4. The minimum Gasteiger partial charge on any atom is -0.477 e. The summed E-state index contributed by atoms with van der Waals surface area (Å²) in [5.74, 6) is -3.85. The van der Waals surface area contributed by atoms with Crippen LogP contribution < -0.4 is 10.3 Å². The van der Waals surface area contributed by atoms with E-state index in [-0.39, 0.29) is 6.07 Å². The lowest BCUT2D eigenvalue weighted by atomic mass is 10.2. The van der Waals surface area contributed by atoms with Gasteiger partial charge in [0.25, 0.3) is 5.56 Å². The predicted octanol–water partition coefficient (Wildman–Crippen LogP) is 1.99. The molecule has 106 valence electrons. The molecular weight excluding hydrogens is 288 g/mol. The van der Waals surface area contributed by atoms with Gasteiger partial charge in [-0.3, -0.25) is 4.79 Å². The van der Waals surface area contributed by atoms with Crippen molar-refractivity contribution in [1.82, 2.24) is 4.98 Å². The smallest absolute Gasteiger partial charge is 0.477 e. The van der Waals surface area contributed by atoms with E-state index in [4.69, 9.17) is 5.11 Å². The minimum absolute atomic E-state index is 0.324. The number of aromatic amines is 1. The van der Waals surface area contributed by atoms with Gasteiger partial charge in [-0.25, -0.2) is 4.79 Å². The molecule has 1 heterocycles. The van der Waals surface area contributed by atoms with Crippen LogP contribution in [0, 0.1) is 0 Å². The van der Waals surface area contributed by atoms with Crippen LogP contribution in [0.15, 0.2) is 10.9 Å². The van der Waals surface area contributed by atoms with Gasteiger partial charge in [0.15, 0.2) is 5.75 Å². The van der Waals surface area contributed by atoms with Gasteiger partial charge < -0.3 is 14.8 Å². The van der Waals surface area contributed by atoms with Crippen molar-refractivity contribution in [2.45, 2.75) is 12.5 Å². The molecule has 0 radical (unpaired) electrons. The predicted molar refractivity (Wildman–Crippen MR) is 45.7 cm³/mol. The van der Waals surface area contributed by atoms with Gasteiger partial charge in [0.05, 0.1) is 5.56 Å². The lowest BCUT2D eigenvalue weighted by Crippen LogP contribution is -2.26. The van der Waals surface area contributed by atoms with Gasteiger partial charge in [-0.2, -0.15) is 13.2 Å². The Morgan fingerprint density at radius 2 is 1.74 bits per heavy atom. The van der Waals surface area contributed by atoms with Crippen LogP contribution in [0.4, 0.5) is 26.3 Å². The summed E-state index contributed by atoms with van der Waals surface area (Å²) < 4.78 is 75.9. The van der Waals surface area contributed by atoms with Crippen molar-refractivity contribution in [2.75, 3.05) is 0 Å². The second-order valence-corrected chi connectivity index (χ2v) is 3.10. The number of rotatable bonds is 2. The summed E-state index contributed by atoms with van der Waals surface area (Å²) in [6, 6.07) is -0.324. The van der Waals surface area contributed by atoms with Crippen molar-refractivity contribution < 1.29 is 41.0 Å². The Bertz CT molecular complexity index is 558. The third-order valence-corrected chi connectivity index (χ3v) is 1.75. The molecule has 19 heavy (non-hydrogen) atoms. The number of pyridine rings is 1. The molecule has 1 rings (SSSR count). The fraction of sp³-hybridized carbons (Fsp3) is 0.250. The van der Waals surface area contributed by atoms with Crippen LogP contribution in [-0.2, 0) is 6.18 Å². The Kier molecular flexibility index (Phi) is 3.50. The van der Waals surface area contributed by atoms with Crippen LogP contribution in [-0.4, -0.2) is 22.4 Å². The molecule has 0 aliphatic heterocycles. The molecule has 0 fully saturated rings. The third kappa shape index (κ3) is 3.63. The van der Waals surface area contributed by atoms with E-state index in [1.807, 2.05) is 0 Å². The first-order valence-corrected chi connectivity index (χ1v) is 4.25. The molecule has 0 saturated heterocycles. The number of nitrogens with one attached hydrogen (secondary N) is 1. The fourth-order valence-corrected chi connectivity index (χ4v) is 1.10. The second kappa shape index (κ2) is 4.48. The van der Waals surface area contributed by atoms with Gasteiger partial charge in [-0.15, -0.1) is 13.2 Å². The Morgan fingerprint density at radius 1 is 1.21 bits per heavy atom. The third-order valence-electron chi connectivity index (χ3n) is 1.75. The molecule has 0 bridgehead atoms. The van der Waals surface area contributed by atoms with Crippen molar-refractivity contribution in [3.63, 3.8) is 0 Å². The minimum atomic E-state index is -5.39. The van der Waals surface area contributed by atoms with Crippen LogP contribution in [0.25, 0.3) is 0 Å². The van der Waals surface area contributed by atoms with E-state index >= 15 is 0 Å². The number of carbonyl (C=O) groups is 1. The highest BCUT2D eigenvalue weighted by Crippen LogP contribution is 2.33. The highest BCUT2D eigenvalue weighted by atomic mass is 19.4. The van der Waals surface area contributed by atoms with Crippen molar-refractivity contribution in [1.29, 1.82) is 0 Å². The number of hydrogen-bond donors (Lipinski definition) is 2. The maximum atomic E-state index is 12.4. The fourth-order valence-electron chi connectivity index (χ4n) is 1.10. The lowest BCUT2D eigenvalue weighted by Gasteiger charge is -2.13. The van der Waals surface area contributed by atoms with E-state index in [0.29, 0.717) is 0 Å². The van der Waals surface area contributed by atoms with E-state index in [9.17, 15) is 35.9 Å². The number of H-pyrrole nitrogens is 1. The van der Waals surface area contributed by atoms with E-state index < -0.39 is 41.1 Å². The second-order valence-electron chi connectivity index (χ2n) is 3.10. The van der Waals surface area contributed by atoms with Gasteiger partial charge in [-0.1, -0.05) is 0 Å². The number of carboxylic acid groups (broad SMARTS) is 1. The first-order chi connectivity index (χ1) is 8.42. The number of aromatic carboxylic acids is 1. The van der Waals surface area contributed by atoms with Crippen LogP contribution in [0.3, 0.4) is 0 Å². The number of ether oxygens (including phenoxy) is 1.